The van der Waals surface area contributed by atoms with Crippen LogP contribution >= 0.6 is 0 Å². The van der Waals surface area contributed by atoms with Gasteiger partial charge in [0.2, 0.25) is 15.9 Å². The summed E-state index contributed by atoms with van der Waals surface area (Å²) in [5.74, 6) is -0.376. The Labute approximate surface area is 166 Å². The second-order valence-corrected chi connectivity index (χ2v) is 9.57. The molecule has 1 aliphatic heterocycles. The van der Waals surface area contributed by atoms with Crippen LogP contribution in [0.3, 0.4) is 0 Å². The van der Waals surface area contributed by atoms with Crippen LogP contribution in [0.4, 0.5) is 0 Å². The highest BCUT2D eigenvalue weighted by atomic mass is 32.2. The summed E-state index contributed by atoms with van der Waals surface area (Å²) in [5.41, 5.74) is 4.25. The van der Waals surface area contributed by atoms with E-state index in [0.29, 0.717) is 26.1 Å². The second kappa shape index (κ2) is 8.45. The van der Waals surface area contributed by atoms with Crippen molar-refractivity contribution in [2.45, 2.75) is 39.8 Å². The molecule has 1 saturated heterocycles. The summed E-state index contributed by atoms with van der Waals surface area (Å²) in [6.07, 6.45) is 2.63. The highest BCUT2D eigenvalue weighted by Gasteiger charge is 2.29. The number of nitrogens with one attached hydrogen (secondary N) is 1. The van der Waals surface area contributed by atoms with Gasteiger partial charge < -0.3 is 5.32 Å². The molecule has 0 spiro atoms. The lowest BCUT2D eigenvalue weighted by Crippen LogP contribution is -2.44. The number of rotatable bonds is 6. The van der Waals surface area contributed by atoms with Crippen LogP contribution < -0.4 is 5.32 Å². The van der Waals surface area contributed by atoms with Crippen LogP contribution in [0.1, 0.15) is 35.4 Å². The molecule has 1 aromatic carbocycles. The van der Waals surface area contributed by atoms with Crippen LogP contribution in [-0.2, 0) is 27.9 Å². The van der Waals surface area contributed by atoms with Crippen molar-refractivity contribution >= 4 is 15.9 Å². The quantitative estimate of drug-likeness (QED) is 0.796. The van der Waals surface area contributed by atoms with E-state index in [1.54, 1.807) is 0 Å². The molecule has 1 atom stereocenters. The van der Waals surface area contributed by atoms with Crippen LogP contribution in [0.25, 0.3) is 0 Å². The summed E-state index contributed by atoms with van der Waals surface area (Å²) in [4.78, 5) is 12.5. The zero-order valence-corrected chi connectivity index (χ0v) is 17.5. The predicted molar refractivity (Wildman–Crippen MR) is 108 cm³/mol. The number of sulfonamides is 1. The van der Waals surface area contributed by atoms with Gasteiger partial charge in [0.05, 0.1) is 24.4 Å². The largest absolute Gasteiger partial charge is 0.352 e. The van der Waals surface area contributed by atoms with Crippen molar-refractivity contribution in [2.24, 2.45) is 5.92 Å². The van der Waals surface area contributed by atoms with Gasteiger partial charge in [-0.2, -0.15) is 5.10 Å². The van der Waals surface area contributed by atoms with Gasteiger partial charge in [-0.25, -0.2) is 12.7 Å². The van der Waals surface area contributed by atoms with Gasteiger partial charge >= 0.3 is 0 Å². The van der Waals surface area contributed by atoms with Crippen molar-refractivity contribution in [1.29, 1.82) is 0 Å². The average molecular weight is 405 g/mol. The molecular formula is C20H28N4O3S. The predicted octanol–water partition coefficient (Wildman–Crippen LogP) is 1.84. The molecule has 2 aromatic rings. The van der Waals surface area contributed by atoms with Gasteiger partial charge in [0.15, 0.2) is 0 Å². The number of carbonyl (C=O) groups excluding carboxylic acids is 1. The number of piperidine rings is 1. The molecule has 1 aromatic heterocycles. The summed E-state index contributed by atoms with van der Waals surface area (Å²) >= 11 is 0. The Kier molecular flexibility index (Phi) is 6.20. The smallest absolute Gasteiger partial charge is 0.224 e. The highest BCUT2D eigenvalue weighted by Crippen LogP contribution is 2.19. The van der Waals surface area contributed by atoms with Crippen molar-refractivity contribution in [3.05, 3.63) is 52.8 Å². The number of hydrogen-bond acceptors (Lipinski definition) is 4. The number of aromatic nitrogens is 2. The molecular weight excluding hydrogens is 376 g/mol. The lowest BCUT2D eigenvalue weighted by atomic mass is 9.98. The molecule has 1 N–H and O–H groups in total. The molecule has 1 unspecified atom stereocenters. The van der Waals surface area contributed by atoms with E-state index in [2.05, 4.69) is 16.5 Å². The van der Waals surface area contributed by atoms with E-state index in [0.717, 1.165) is 28.9 Å². The Morgan fingerprint density at radius 1 is 1.25 bits per heavy atom. The van der Waals surface area contributed by atoms with Gasteiger partial charge in [0.1, 0.15) is 0 Å². The van der Waals surface area contributed by atoms with Gasteiger partial charge in [-0.3, -0.25) is 9.48 Å². The SMILES string of the molecule is Cc1cc(C)n(Cc2cccc(CNC(=O)C3CCCN(S(C)(=O)=O)C3)c2)n1. The van der Waals surface area contributed by atoms with Gasteiger partial charge in [-0.15, -0.1) is 0 Å². The third kappa shape index (κ3) is 5.20. The first kappa shape index (κ1) is 20.5. The van der Waals surface area contributed by atoms with Crippen molar-refractivity contribution in [3.8, 4) is 0 Å². The van der Waals surface area contributed by atoms with Crippen LogP contribution in [-0.4, -0.2) is 47.8 Å². The lowest BCUT2D eigenvalue weighted by molar-refractivity contribution is -0.126. The molecule has 2 heterocycles. The standard InChI is InChI=1S/C20H28N4O3S/c1-15-10-16(2)24(22-15)13-18-7-4-6-17(11-18)12-21-20(25)19-8-5-9-23(14-19)28(3,26)27/h4,6-7,10-11,19H,5,8-9,12-14H2,1-3H3,(H,21,25). The fourth-order valence-electron chi connectivity index (χ4n) is 3.64. The zero-order chi connectivity index (χ0) is 20.3. The van der Waals surface area contributed by atoms with Gasteiger partial charge in [-0.1, -0.05) is 24.3 Å². The fourth-order valence-corrected chi connectivity index (χ4v) is 4.55. The van der Waals surface area contributed by atoms with Crippen molar-refractivity contribution < 1.29 is 13.2 Å². The molecule has 0 bridgehead atoms. The molecule has 3 rings (SSSR count). The van der Waals surface area contributed by atoms with E-state index in [1.807, 2.05) is 42.8 Å². The van der Waals surface area contributed by atoms with Gasteiger partial charge in [0.25, 0.3) is 0 Å². The van der Waals surface area contributed by atoms with E-state index >= 15 is 0 Å². The first-order valence-electron chi connectivity index (χ1n) is 9.54. The number of aryl methyl sites for hydroxylation is 2. The summed E-state index contributed by atoms with van der Waals surface area (Å²) in [7, 11) is -3.25. The minimum absolute atomic E-state index is 0.0858. The summed E-state index contributed by atoms with van der Waals surface area (Å²) in [6.45, 7) is 5.89. The summed E-state index contributed by atoms with van der Waals surface area (Å²) in [6, 6.07) is 10.1. The van der Waals surface area contributed by atoms with Crippen LogP contribution in [0.5, 0.6) is 0 Å². The second-order valence-electron chi connectivity index (χ2n) is 7.58. The third-order valence-corrected chi connectivity index (χ3v) is 6.39. The van der Waals surface area contributed by atoms with Gasteiger partial charge in [0, 0.05) is 25.3 Å². The number of hydrogen-bond donors (Lipinski definition) is 1. The van der Waals surface area contributed by atoms with E-state index in [4.69, 9.17) is 0 Å². The number of amides is 1. The monoisotopic (exact) mass is 404 g/mol. The maximum atomic E-state index is 12.5. The first-order chi connectivity index (χ1) is 13.2. The minimum Gasteiger partial charge on any atom is -0.352 e. The van der Waals surface area contributed by atoms with E-state index in [9.17, 15) is 13.2 Å². The normalized spacial score (nSPS) is 18.2. The molecule has 7 nitrogen and oxygen atoms in total. The Hall–Kier alpha value is -2.19. The molecule has 0 aliphatic carbocycles. The topological polar surface area (TPSA) is 84.3 Å². The Bertz CT molecular complexity index is 952. The molecule has 0 radical (unpaired) electrons. The molecule has 1 amide bonds. The number of benzene rings is 1. The molecule has 152 valence electrons. The van der Waals surface area contributed by atoms with Crippen LogP contribution in [0.2, 0.25) is 0 Å². The minimum atomic E-state index is -3.25. The molecule has 8 heteroatoms. The fraction of sp³-hybridized carbons (Fsp3) is 0.500. The summed E-state index contributed by atoms with van der Waals surface area (Å²) in [5, 5.41) is 7.46. The molecule has 0 saturated carbocycles. The van der Waals surface area contributed by atoms with E-state index in [-0.39, 0.29) is 18.4 Å². The third-order valence-electron chi connectivity index (χ3n) is 5.12. The number of nitrogens with zero attached hydrogens (tertiary/aromatic N) is 3. The van der Waals surface area contributed by atoms with Crippen molar-refractivity contribution in [2.75, 3.05) is 19.3 Å². The Morgan fingerprint density at radius 3 is 2.68 bits per heavy atom. The maximum absolute atomic E-state index is 12.5. The lowest BCUT2D eigenvalue weighted by Gasteiger charge is -2.30. The highest BCUT2D eigenvalue weighted by molar-refractivity contribution is 7.88. The first-order valence-corrected chi connectivity index (χ1v) is 11.4. The van der Waals surface area contributed by atoms with E-state index < -0.39 is 10.0 Å². The molecule has 1 fully saturated rings. The summed E-state index contributed by atoms with van der Waals surface area (Å²) < 4.78 is 26.8. The average Bonchev–Trinajstić information content (AvgIpc) is 2.96. The molecule has 28 heavy (non-hydrogen) atoms. The van der Waals surface area contributed by atoms with Crippen LogP contribution in [0.15, 0.2) is 30.3 Å². The zero-order valence-electron chi connectivity index (χ0n) is 16.7. The number of carbonyl (C=O) groups is 1. The van der Waals surface area contributed by atoms with Crippen molar-refractivity contribution in [1.82, 2.24) is 19.4 Å². The van der Waals surface area contributed by atoms with Crippen molar-refractivity contribution in [3.63, 3.8) is 0 Å². The van der Waals surface area contributed by atoms with Gasteiger partial charge in [-0.05, 0) is 43.9 Å². The maximum Gasteiger partial charge on any atom is 0.224 e. The Balaban J connectivity index is 1.58. The molecule has 1 aliphatic rings. The van der Waals surface area contributed by atoms with E-state index in [1.165, 1.54) is 10.6 Å². The van der Waals surface area contributed by atoms with Crippen LogP contribution in [0, 0.1) is 19.8 Å². The Morgan fingerprint density at radius 2 is 2.00 bits per heavy atom.